The summed E-state index contributed by atoms with van der Waals surface area (Å²) in [7, 11) is 1.92. The van der Waals surface area contributed by atoms with E-state index in [1.165, 1.54) is 29.3 Å². The van der Waals surface area contributed by atoms with Crippen LogP contribution in [0.25, 0.3) is 0 Å². The summed E-state index contributed by atoms with van der Waals surface area (Å²) in [6.07, 6.45) is 0. The van der Waals surface area contributed by atoms with Crippen LogP contribution < -0.4 is 4.90 Å². The van der Waals surface area contributed by atoms with Crippen LogP contribution in [-0.4, -0.2) is 30.3 Å². The number of anilines is 1. The van der Waals surface area contributed by atoms with Crippen LogP contribution in [0, 0.1) is 5.82 Å². The second-order valence-corrected chi connectivity index (χ2v) is 6.38. The van der Waals surface area contributed by atoms with E-state index in [1.807, 2.05) is 66.5 Å². The Morgan fingerprint density at radius 2 is 1.59 bits per heavy atom. The van der Waals surface area contributed by atoms with Gasteiger partial charge in [0.15, 0.2) is 0 Å². The zero-order valence-electron chi connectivity index (χ0n) is 14.8. The lowest BCUT2D eigenvalue weighted by Crippen LogP contribution is -2.35. The second-order valence-electron chi connectivity index (χ2n) is 6.38. The molecule has 0 spiro atoms. The Kier molecular flexibility index (Phi) is 4.42. The minimum absolute atomic E-state index is 0.275. The zero-order valence-corrected chi connectivity index (χ0v) is 14.8. The molecule has 3 aromatic rings. The summed E-state index contributed by atoms with van der Waals surface area (Å²) in [4.78, 5) is 15.0. The number of rotatable bonds is 2. The third-order valence-corrected chi connectivity index (χ3v) is 4.51. The van der Waals surface area contributed by atoms with Crippen LogP contribution in [0.15, 0.2) is 84.0 Å². The number of carbonyl (C=O) groups is 1. The number of fused-ring (bicyclic) bond motifs is 1. The number of hydrogen-bond acceptors (Lipinski definition) is 3. The maximum atomic E-state index is 13.2. The molecule has 0 bridgehead atoms. The number of hydrogen-bond donors (Lipinski definition) is 0. The van der Waals surface area contributed by atoms with Crippen LogP contribution in [0.4, 0.5) is 10.1 Å². The van der Waals surface area contributed by atoms with E-state index in [1.54, 1.807) is 0 Å². The fourth-order valence-electron chi connectivity index (χ4n) is 3.15. The fraction of sp³-hybridized carbons (Fsp3) is 0.0909. The van der Waals surface area contributed by atoms with Crippen LogP contribution in [0.1, 0.15) is 21.5 Å². The van der Waals surface area contributed by atoms with Gasteiger partial charge in [0, 0.05) is 29.4 Å². The van der Waals surface area contributed by atoms with Crippen LogP contribution in [0.5, 0.6) is 0 Å². The average molecular weight is 359 g/mol. The minimum Gasteiger partial charge on any atom is -0.355 e. The summed E-state index contributed by atoms with van der Waals surface area (Å²) >= 11 is 0. The summed E-state index contributed by atoms with van der Waals surface area (Å²) in [5, 5.41) is 6.13. The largest absolute Gasteiger partial charge is 0.355 e. The predicted molar refractivity (Wildman–Crippen MR) is 104 cm³/mol. The highest BCUT2D eigenvalue weighted by Crippen LogP contribution is 2.27. The van der Waals surface area contributed by atoms with Crippen LogP contribution in [0.2, 0.25) is 0 Å². The first kappa shape index (κ1) is 17.0. The van der Waals surface area contributed by atoms with E-state index in [-0.39, 0.29) is 11.7 Å². The molecule has 3 aromatic carbocycles. The van der Waals surface area contributed by atoms with E-state index in [0.717, 1.165) is 22.5 Å². The molecule has 4 nitrogen and oxygen atoms in total. The van der Waals surface area contributed by atoms with Gasteiger partial charge in [-0.3, -0.25) is 4.79 Å². The molecule has 0 N–H and O–H groups in total. The molecule has 0 aliphatic carbocycles. The van der Waals surface area contributed by atoms with Gasteiger partial charge < -0.3 is 4.90 Å². The Hall–Kier alpha value is -3.47. The van der Waals surface area contributed by atoms with Crippen molar-refractivity contribution in [1.29, 1.82) is 0 Å². The molecule has 0 saturated carbocycles. The van der Waals surface area contributed by atoms with Gasteiger partial charge in [0.25, 0.3) is 5.91 Å². The molecule has 1 amide bonds. The maximum absolute atomic E-state index is 13.2. The Labute approximate surface area is 157 Å². The van der Waals surface area contributed by atoms with E-state index in [9.17, 15) is 9.18 Å². The van der Waals surface area contributed by atoms with Crippen LogP contribution in [0.3, 0.4) is 0 Å². The molecule has 0 radical (unpaired) electrons. The van der Waals surface area contributed by atoms with Gasteiger partial charge in [-0.05, 0) is 30.3 Å². The molecular weight excluding hydrogens is 341 g/mol. The summed E-state index contributed by atoms with van der Waals surface area (Å²) in [6.45, 7) is 0.295. The van der Waals surface area contributed by atoms with E-state index in [2.05, 4.69) is 0 Å². The molecule has 0 fully saturated rings. The molecule has 27 heavy (non-hydrogen) atoms. The predicted octanol–water partition coefficient (Wildman–Crippen LogP) is 4.13. The van der Waals surface area contributed by atoms with Gasteiger partial charge in [-0.15, -0.1) is 0 Å². The van der Waals surface area contributed by atoms with Crippen molar-refractivity contribution in [3.05, 3.63) is 101 Å². The highest BCUT2D eigenvalue weighted by atomic mass is 19.1. The quantitative estimate of drug-likeness (QED) is 0.690. The minimum atomic E-state index is -0.375. The Balaban J connectivity index is 1.82. The standard InChI is InChI=1S/C22H18FN3O/c1-25-15-26(22(27)17-11-13-18(23)14-12-17)24-21(16-7-3-2-4-8-16)19-9-5-6-10-20(19)25/h2-14H,15H2,1H3. The van der Waals surface area contributed by atoms with Crippen molar-refractivity contribution in [2.24, 2.45) is 5.10 Å². The average Bonchev–Trinajstić information content (AvgIpc) is 2.86. The fourth-order valence-corrected chi connectivity index (χ4v) is 3.15. The van der Waals surface area contributed by atoms with Crippen LogP contribution in [-0.2, 0) is 0 Å². The molecule has 4 rings (SSSR count). The van der Waals surface area contributed by atoms with Crippen LogP contribution >= 0.6 is 0 Å². The molecule has 0 unspecified atom stereocenters. The number of halogens is 1. The topological polar surface area (TPSA) is 35.9 Å². The summed E-state index contributed by atoms with van der Waals surface area (Å²) in [5.74, 6) is -0.650. The van der Waals surface area contributed by atoms with E-state index in [0.29, 0.717) is 12.2 Å². The SMILES string of the molecule is CN1CN(C(=O)c2ccc(F)cc2)N=C(c2ccccc2)c2ccccc21. The van der Waals surface area contributed by atoms with Crippen molar-refractivity contribution in [1.82, 2.24) is 5.01 Å². The molecule has 0 atom stereocenters. The molecule has 1 aliphatic heterocycles. The lowest BCUT2D eigenvalue weighted by molar-refractivity contribution is 0.0763. The number of hydrazone groups is 1. The van der Waals surface area contributed by atoms with E-state index in [4.69, 9.17) is 5.10 Å². The maximum Gasteiger partial charge on any atom is 0.275 e. The highest BCUT2D eigenvalue weighted by Gasteiger charge is 2.25. The van der Waals surface area contributed by atoms with Crippen molar-refractivity contribution in [2.45, 2.75) is 0 Å². The summed E-state index contributed by atoms with van der Waals surface area (Å²) < 4.78 is 13.2. The van der Waals surface area contributed by atoms with E-state index < -0.39 is 0 Å². The van der Waals surface area contributed by atoms with Crippen molar-refractivity contribution >= 4 is 17.3 Å². The molecule has 1 aliphatic rings. The molecular formula is C22H18FN3O. The summed E-state index contributed by atoms with van der Waals surface area (Å²) in [5.41, 5.74) is 4.00. The number of nitrogens with zero attached hydrogens (tertiary/aromatic N) is 3. The highest BCUT2D eigenvalue weighted by molar-refractivity contribution is 6.16. The first-order valence-corrected chi connectivity index (χ1v) is 8.65. The van der Waals surface area contributed by atoms with Crippen molar-refractivity contribution < 1.29 is 9.18 Å². The Morgan fingerprint density at radius 1 is 0.926 bits per heavy atom. The Morgan fingerprint density at radius 3 is 2.33 bits per heavy atom. The second kappa shape index (κ2) is 7.03. The van der Waals surface area contributed by atoms with Gasteiger partial charge in [0.05, 0.1) is 0 Å². The van der Waals surface area contributed by atoms with Gasteiger partial charge in [-0.2, -0.15) is 5.10 Å². The molecule has 1 heterocycles. The normalized spacial score (nSPS) is 13.6. The lowest BCUT2D eigenvalue weighted by atomic mass is 10.0. The lowest BCUT2D eigenvalue weighted by Gasteiger charge is -2.24. The van der Waals surface area contributed by atoms with Gasteiger partial charge in [-0.25, -0.2) is 9.40 Å². The smallest absolute Gasteiger partial charge is 0.275 e. The Bertz CT molecular complexity index is 1000. The van der Waals surface area contributed by atoms with Gasteiger partial charge in [0.1, 0.15) is 18.2 Å². The number of benzene rings is 3. The first-order chi connectivity index (χ1) is 13.1. The number of para-hydroxylation sites is 1. The number of carbonyl (C=O) groups excluding carboxylic acids is 1. The van der Waals surface area contributed by atoms with Gasteiger partial charge in [-0.1, -0.05) is 48.5 Å². The van der Waals surface area contributed by atoms with Crippen molar-refractivity contribution in [2.75, 3.05) is 18.6 Å². The van der Waals surface area contributed by atoms with Gasteiger partial charge >= 0.3 is 0 Å². The zero-order chi connectivity index (χ0) is 18.8. The summed E-state index contributed by atoms with van der Waals surface area (Å²) in [6, 6.07) is 23.3. The molecule has 5 heteroatoms. The van der Waals surface area contributed by atoms with Gasteiger partial charge in [0.2, 0.25) is 0 Å². The number of amides is 1. The molecule has 0 saturated heterocycles. The first-order valence-electron chi connectivity index (χ1n) is 8.65. The van der Waals surface area contributed by atoms with Crippen molar-refractivity contribution in [3.63, 3.8) is 0 Å². The third-order valence-electron chi connectivity index (χ3n) is 4.51. The van der Waals surface area contributed by atoms with E-state index >= 15 is 0 Å². The molecule has 0 aromatic heterocycles. The monoisotopic (exact) mass is 359 g/mol. The molecule has 134 valence electrons. The van der Waals surface area contributed by atoms with Crippen molar-refractivity contribution in [3.8, 4) is 0 Å². The third kappa shape index (κ3) is 3.31.